The third-order valence-corrected chi connectivity index (χ3v) is 2.29. The highest BCUT2D eigenvalue weighted by Gasteiger charge is 2.16. The normalized spacial score (nSPS) is 11.8. The lowest BCUT2D eigenvalue weighted by atomic mass is 9.97. The quantitative estimate of drug-likeness (QED) is 0.797. The third kappa shape index (κ3) is 2.26. The summed E-state index contributed by atoms with van der Waals surface area (Å²) >= 11 is 0. The number of nitriles is 1. The zero-order valence-corrected chi connectivity index (χ0v) is 8.64. The van der Waals surface area contributed by atoms with Crippen molar-refractivity contribution >= 4 is 0 Å². The van der Waals surface area contributed by atoms with E-state index >= 15 is 0 Å². The molecular weight excluding hydrogens is 224 g/mol. The maximum absolute atomic E-state index is 13.1. The molecule has 0 aliphatic heterocycles. The maximum Gasteiger partial charge on any atom is 0.159 e. The fraction of sp³-hybridized carbons (Fsp3) is 0.0833. The fourth-order valence-electron chi connectivity index (χ4n) is 1.46. The van der Waals surface area contributed by atoms with E-state index in [1.54, 1.807) is 0 Å². The van der Waals surface area contributed by atoms with Crippen molar-refractivity contribution in [3.05, 3.63) is 59.7 Å². The summed E-state index contributed by atoms with van der Waals surface area (Å²) in [5, 5.41) is 9.06. The Balaban J connectivity index is 2.44. The minimum atomic E-state index is -0.980. The Morgan fingerprint density at radius 2 is 2.00 bits per heavy atom. The first-order valence-corrected chi connectivity index (χ1v) is 4.83. The predicted molar refractivity (Wildman–Crippen MR) is 55.8 cm³/mol. The van der Waals surface area contributed by atoms with E-state index in [1.807, 2.05) is 6.07 Å². The highest BCUT2D eigenvalue weighted by atomic mass is 19.2. The van der Waals surface area contributed by atoms with Crippen LogP contribution in [0.1, 0.15) is 17.2 Å². The van der Waals surface area contributed by atoms with E-state index in [2.05, 4.69) is 9.97 Å². The van der Waals surface area contributed by atoms with Crippen molar-refractivity contribution in [1.29, 1.82) is 5.26 Å². The van der Waals surface area contributed by atoms with E-state index in [4.69, 9.17) is 5.26 Å². The molecule has 0 saturated carbocycles. The Morgan fingerprint density at radius 3 is 2.59 bits per heavy atom. The minimum Gasteiger partial charge on any atom is -0.261 e. The maximum atomic E-state index is 13.1. The standard InChI is InChI=1S/C12H7F2N3/c13-10-2-1-8(5-11(10)14)9(6-15)12-7-16-3-4-17-12/h1-5,7,9H. The second-order valence-corrected chi connectivity index (χ2v) is 3.37. The molecule has 0 radical (unpaired) electrons. The Labute approximate surface area is 96.4 Å². The molecule has 0 aliphatic carbocycles. The third-order valence-electron chi connectivity index (χ3n) is 2.29. The number of halogens is 2. The Kier molecular flexibility index (Phi) is 3.06. The number of hydrogen-bond donors (Lipinski definition) is 0. The van der Waals surface area contributed by atoms with E-state index < -0.39 is 17.6 Å². The summed E-state index contributed by atoms with van der Waals surface area (Å²) in [4.78, 5) is 7.81. The zero-order valence-electron chi connectivity index (χ0n) is 8.64. The van der Waals surface area contributed by atoms with Gasteiger partial charge in [-0.3, -0.25) is 9.97 Å². The molecule has 0 fully saturated rings. The van der Waals surface area contributed by atoms with Crippen LogP contribution in [0, 0.1) is 23.0 Å². The number of aromatic nitrogens is 2. The molecule has 0 aliphatic rings. The Hall–Kier alpha value is -2.35. The van der Waals surface area contributed by atoms with Crippen molar-refractivity contribution in [1.82, 2.24) is 9.97 Å². The van der Waals surface area contributed by atoms with Gasteiger partial charge >= 0.3 is 0 Å². The molecule has 1 unspecified atom stereocenters. The lowest BCUT2D eigenvalue weighted by molar-refractivity contribution is 0.507. The van der Waals surface area contributed by atoms with E-state index in [9.17, 15) is 8.78 Å². The second kappa shape index (κ2) is 4.66. The molecule has 0 saturated heterocycles. The van der Waals surface area contributed by atoms with Crippen LogP contribution in [0.4, 0.5) is 8.78 Å². The fourth-order valence-corrected chi connectivity index (χ4v) is 1.46. The van der Waals surface area contributed by atoms with Crippen molar-refractivity contribution in [3.8, 4) is 6.07 Å². The molecule has 0 bridgehead atoms. The first-order chi connectivity index (χ1) is 8.22. The van der Waals surface area contributed by atoms with Gasteiger partial charge in [0.1, 0.15) is 5.92 Å². The summed E-state index contributed by atoms with van der Waals surface area (Å²) in [6, 6.07) is 5.34. The largest absolute Gasteiger partial charge is 0.261 e. The smallest absolute Gasteiger partial charge is 0.159 e. The number of rotatable bonds is 2. The number of hydrogen-bond acceptors (Lipinski definition) is 3. The van der Waals surface area contributed by atoms with E-state index in [0.29, 0.717) is 11.3 Å². The molecule has 1 heterocycles. The van der Waals surface area contributed by atoms with Crippen molar-refractivity contribution < 1.29 is 8.78 Å². The molecule has 1 aromatic carbocycles. The van der Waals surface area contributed by atoms with Gasteiger partial charge < -0.3 is 0 Å². The monoisotopic (exact) mass is 231 g/mol. The number of benzene rings is 1. The van der Waals surface area contributed by atoms with Crippen LogP contribution in [0.3, 0.4) is 0 Å². The summed E-state index contributed by atoms with van der Waals surface area (Å²) in [6.45, 7) is 0. The molecule has 1 aromatic heterocycles. The van der Waals surface area contributed by atoms with Gasteiger partial charge in [0.15, 0.2) is 11.6 Å². The Morgan fingerprint density at radius 1 is 1.18 bits per heavy atom. The van der Waals surface area contributed by atoms with Crippen LogP contribution in [-0.4, -0.2) is 9.97 Å². The molecule has 0 amide bonds. The van der Waals surface area contributed by atoms with Crippen LogP contribution in [0.5, 0.6) is 0 Å². The molecule has 84 valence electrons. The van der Waals surface area contributed by atoms with E-state index in [0.717, 1.165) is 12.1 Å². The van der Waals surface area contributed by atoms with Gasteiger partial charge in [-0.05, 0) is 17.7 Å². The van der Waals surface area contributed by atoms with Crippen LogP contribution in [0.15, 0.2) is 36.8 Å². The average Bonchev–Trinajstić information content (AvgIpc) is 2.36. The van der Waals surface area contributed by atoms with Crippen molar-refractivity contribution in [2.45, 2.75) is 5.92 Å². The van der Waals surface area contributed by atoms with Crippen molar-refractivity contribution in [3.63, 3.8) is 0 Å². The van der Waals surface area contributed by atoms with E-state index in [-0.39, 0.29) is 0 Å². The van der Waals surface area contributed by atoms with Gasteiger partial charge in [0.25, 0.3) is 0 Å². The van der Waals surface area contributed by atoms with Crippen LogP contribution < -0.4 is 0 Å². The van der Waals surface area contributed by atoms with Crippen molar-refractivity contribution in [2.75, 3.05) is 0 Å². The van der Waals surface area contributed by atoms with Crippen LogP contribution in [0.25, 0.3) is 0 Å². The minimum absolute atomic E-state index is 0.354. The second-order valence-electron chi connectivity index (χ2n) is 3.37. The molecule has 0 spiro atoms. The molecule has 1 atom stereocenters. The first kappa shape index (κ1) is 11.1. The van der Waals surface area contributed by atoms with Gasteiger partial charge in [-0.2, -0.15) is 5.26 Å². The molecule has 0 N–H and O–H groups in total. The summed E-state index contributed by atoms with van der Waals surface area (Å²) in [7, 11) is 0. The topological polar surface area (TPSA) is 49.6 Å². The lowest BCUT2D eigenvalue weighted by Crippen LogP contribution is -2.02. The highest BCUT2D eigenvalue weighted by molar-refractivity contribution is 5.33. The van der Waals surface area contributed by atoms with Gasteiger partial charge in [0.05, 0.1) is 18.0 Å². The zero-order chi connectivity index (χ0) is 12.3. The molecule has 2 rings (SSSR count). The van der Waals surface area contributed by atoms with Crippen LogP contribution in [-0.2, 0) is 0 Å². The van der Waals surface area contributed by atoms with Gasteiger partial charge in [0.2, 0.25) is 0 Å². The lowest BCUT2D eigenvalue weighted by Gasteiger charge is -2.08. The van der Waals surface area contributed by atoms with Crippen molar-refractivity contribution in [2.24, 2.45) is 0 Å². The predicted octanol–water partition coefficient (Wildman–Crippen LogP) is 2.41. The first-order valence-electron chi connectivity index (χ1n) is 4.83. The SMILES string of the molecule is N#CC(c1ccc(F)c(F)c1)c1cnccn1. The summed E-state index contributed by atoms with van der Waals surface area (Å²) < 4.78 is 25.9. The average molecular weight is 231 g/mol. The highest BCUT2D eigenvalue weighted by Crippen LogP contribution is 2.23. The van der Waals surface area contributed by atoms with Crippen LogP contribution in [0.2, 0.25) is 0 Å². The molecule has 3 nitrogen and oxygen atoms in total. The van der Waals surface area contributed by atoms with Crippen LogP contribution >= 0.6 is 0 Å². The summed E-state index contributed by atoms with van der Waals surface area (Å²) in [6.07, 6.45) is 4.35. The molecular formula is C12H7F2N3. The van der Waals surface area contributed by atoms with Gasteiger partial charge in [-0.25, -0.2) is 8.78 Å². The summed E-state index contributed by atoms with van der Waals surface area (Å²) in [5.41, 5.74) is 0.757. The Bertz CT molecular complexity index is 564. The molecule has 2 aromatic rings. The van der Waals surface area contributed by atoms with Gasteiger partial charge in [0, 0.05) is 12.4 Å². The summed E-state index contributed by atoms with van der Waals surface area (Å²) in [5.74, 6) is -2.67. The van der Waals surface area contributed by atoms with Gasteiger partial charge in [-0.15, -0.1) is 0 Å². The number of nitrogens with zero attached hydrogens (tertiary/aromatic N) is 3. The van der Waals surface area contributed by atoms with E-state index in [1.165, 1.54) is 24.7 Å². The molecule has 5 heteroatoms. The van der Waals surface area contributed by atoms with Gasteiger partial charge in [-0.1, -0.05) is 6.07 Å². The molecule has 17 heavy (non-hydrogen) atoms.